The largest absolute Gasteiger partial charge is 0.507 e. The first kappa shape index (κ1) is 21.1. The summed E-state index contributed by atoms with van der Waals surface area (Å²) in [4.78, 5) is 2.37. The Kier molecular flexibility index (Phi) is 7.42. The molecule has 5 heteroatoms. The quantitative estimate of drug-likeness (QED) is 0.702. The van der Waals surface area contributed by atoms with Crippen molar-refractivity contribution in [2.75, 3.05) is 34.4 Å². The second-order valence-corrected chi connectivity index (χ2v) is 7.31. The van der Waals surface area contributed by atoms with Crippen LogP contribution in [0.1, 0.15) is 36.0 Å². The van der Waals surface area contributed by atoms with Gasteiger partial charge in [0, 0.05) is 12.6 Å². The predicted molar refractivity (Wildman–Crippen MR) is 116 cm³/mol. The topological polar surface area (TPSA) is 51.2 Å². The summed E-state index contributed by atoms with van der Waals surface area (Å²) in [5, 5.41) is 11.1. The van der Waals surface area contributed by atoms with E-state index in [-0.39, 0.29) is 5.75 Å². The molecule has 0 unspecified atom stereocenters. The van der Waals surface area contributed by atoms with E-state index >= 15 is 0 Å². The summed E-state index contributed by atoms with van der Waals surface area (Å²) in [7, 11) is 4.90. The minimum atomic E-state index is 0.234. The number of ether oxygens (including phenoxy) is 3. The molecule has 0 radical (unpaired) electrons. The molecule has 0 amide bonds. The highest BCUT2D eigenvalue weighted by Crippen LogP contribution is 2.40. The van der Waals surface area contributed by atoms with Gasteiger partial charge in [0.2, 0.25) is 0 Å². The number of phenols is 1. The first-order valence-corrected chi connectivity index (χ1v) is 10.1. The highest BCUT2D eigenvalue weighted by molar-refractivity contribution is 5.69. The van der Waals surface area contributed by atoms with Crippen molar-refractivity contribution in [3.63, 3.8) is 0 Å². The van der Waals surface area contributed by atoms with E-state index in [0.29, 0.717) is 23.6 Å². The molecule has 156 valence electrons. The molecule has 1 N–H and O–H groups in total. The number of phenolic OH excluding ortho intramolecular Hbond substituents is 1. The Bertz CT molecular complexity index is 824. The normalized spacial score (nSPS) is 14.9. The molecule has 1 heterocycles. The molecule has 1 aliphatic rings. The lowest BCUT2D eigenvalue weighted by molar-refractivity contribution is 0.215. The van der Waals surface area contributed by atoms with Crippen molar-refractivity contribution in [1.29, 1.82) is 0 Å². The van der Waals surface area contributed by atoms with Gasteiger partial charge < -0.3 is 19.3 Å². The molecule has 29 heavy (non-hydrogen) atoms. The van der Waals surface area contributed by atoms with Crippen molar-refractivity contribution in [2.24, 2.45) is 0 Å². The van der Waals surface area contributed by atoms with E-state index in [9.17, 15) is 5.11 Å². The number of methoxy groups -OCH3 is 3. The molecule has 2 aromatic rings. The summed E-state index contributed by atoms with van der Waals surface area (Å²) >= 11 is 0. The SMILES string of the molecule is COc1ccc(C/C=C/c2c(OC)cc(OC)c(CN3CCCCC3)c2O)cc1. The first-order valence-electron chi connectivity index (χ1n) is 10.1. The Morgan fingerprint density at radius 3 is 2.24 bits per heavy atom. The van der Waals surface area contributed by atoms with E-state index in [2.05, 4.69) is 4.90 Å². The second-order valence-electron chi connectivity index (χ2n) is 7.31. The molecule has 2 aromatic carbocycles. The predicted octanol–water partition coefficient (Wildman–Crippen LogP) is 4.66. The summed E-state index contributed by atoms with van der Waals surface area (Å²) in [5.74, 6) is 2.34. The molecule has 0 aromatic heterocycles. The van der Waals surface area contributed by atoms with Crippen LogP contribution in [0.4, 0.5) is 0 Å². The van der Waals surface area contributed by atoms with E-state index < -0.39 is 0 Å². The van der Waals surface area contributed by atoms with Gasteiger partial charge in [-0.25, -0.2) is 0 Å². The van der Waals surface area contributed by atoms with Crippen LogP contribution in [-0.4, -0.2) is 44.4 Å². The zero-order chi connectivity index (χ0) is 20.6. The first-order chi connectivity index (χ1) is 14.2. The molecule has 0 saturated carbocycles. The third-order valence-electron chi connectivity index (χ3n) is 5.43. The fourth-order valence-corrected chi connectivity index (χ4v) is 3.76. The highest BCUT2D eigenvalue weighted by Gasteiger charge is 2.21. The molecule has 5 nitrogen and oxygen atoms in total. The van der Waals surface area contributed by atoms with Gasteiger partial charge in [0.05, 0.1) is 32.5 Å². The number of piperidine rings is 1. The lowest BCUT2D eigenvalue weighted by atomic mass is 10.0. The van der Waals surface area contributed by atoms with E-state index in [1.165, 1.54) is 24.8 Å². The molecule has 0 aliphatic carbocycles. The van der Waals surface area contributed by atoms with Gasteiger partial charge in [-0.2, -0.15) is 0 Å². The van der Waals surface area contributed by atoms with Crippen LogP contribution >= 0.6 is 0 Å². The molecule has 0 bridgehead atoms. The second kappa shape index (κ2) is 10.2. The summed E-state index contributed by atoms with van der Waals surface area (Å²) < 4.78 is 16.3. The standard InChI is InChI=1S/C24H31NO4/c1-27-19-12-10-18(11-13-19)8-7-9-20-22(28-2)16-23(29-3)21(24(20)26)17-25-14-5-4-6-15-25/h7,9-13,16,26H,4-6,8,14-15,17H2,1-3H3/b9-7+. The Balaban J connectivity index is 1.84. The third kappa shape index (κ3) is 5.24. The van der Waals surface area contributed by atoms with Crippen LogP contribution in [0.2, 0.25) is 0 Å². The van der Waals surface area contributed by atoms with E-state index in [1.807, 2.05) is 42.5 Å². The lowest BCUT2D eigenvalue weighted by Crippen LogP contribution is -2.29. The Morgan fingerprint density at radius 1 is 0.931 bits per heavy atom. The van der Waals surface area contributed by atoms with Crippen molar-refractivity contribution in [1.82, 2.24) is 4.90 Å². The van der Waals surface area contributed by atoms with E-state index in [1.54, 1.807) is 21.3 Å². The number of aromatic hydroxyl groups is 1. The van der Waals surface area contributed by atoms with Gasteiger partial charge in [0.15, 0.2) is 0 Å². The zero-order valence-corrected chi connectivity index (χ0v) is 17.6. The summed E-state index contributed by atoms with van der Waals surface area (Å²) in [5.41, 5.74) is 2.68. The molecular formula is C24H31NO4. The highest BCUT2D eigenvalue weighted by atomic mass is 16.5. The van der Waals surface area contributed by atoms with Gasteiger partial charge >= 0.3 is 0 Å². The van der Waals surface area contributed by atoms with Crippen LogP contribution in [-0.2, 0) is 13.0 Å². The van der Waals surface area contributed by atoms with Crippen LogP contribution in [0.3, 0.4) is 0 Å². The van der Waals surface area contributed by atoms with Crippen LogP contribution < -0.4 is 14.2 Å². The maximum Gasteiger partial charge on any atom is 0.134 e. The minimum absolute atomic E-state index is 0.234. The maximum absolute atomic E-state index is 11.1. The Morgan fingerprint density at radius 2 is 1.62 bits per heavy atom. The molecule has 1 fully saturated rings. The van der Waals surface area contributed by atoms with Crippen LogP contribution in [0.5, 0.6) is 23.0 Å². The minimum Gasteiger partial charge on any atom is -0.507 e. The fourth-order valence-electron chi connectivity index (χ4n) is 3.76. The number of nitrogens with zero attached hydrogens (tertiary/aromatic N) is 1. The fraction of sp³-hybridized carbons (Fsp3) is 0.417. The zero-order valence-electron chi connectivity index (χ0n) is 17.6. The van der Waals surface area contributed by atoms with Crippen molar-refractivity contribution in [3.05, 3.63) is 53.1 Å². The maximum atomic E-state index is 11.1. The summed E-state index contributed by atoms with van der Waals surface area (Å²) in [6, 6.07) is 9.84. The van der Waals surface area contributed by atoms with Gasteiger partial charge in [-0.3, -0.25) is 4.90 Å². The molecule has 3 rings (SSSR count). The average Bonchev–Trinajstić information content (AvgIpc) is 2.77. The molecule has 0 spiro atoms. The lowest BCUT2D eigenvalue weighted by Gasteiger charge is -2.28. The van der Waals surface area contributed by atoms with Gasteiger partial charge in [0.1, 0.15) is 23.0 Å². The van der Waals surface area contributed by atoms with Crippen molar-refractivity contribution in [3.8, 4) is 23.0 Å². The summed E-state index contributed by atoms with van der Waals surface area (Å²) in [6.45, 7) is 2.78. The number of hydrogen-bond donors (Lipinski definition) is 1. The number of rotatable bonds is 8. The number of likely N-dealkylation sites (tertiary alicyclic amines) is 1. The van der Waals surface area contributed by atoms with Crippen molar-refractivity contribution in [2.45, 2.75) is 32.2 Å². The average molecular weight is 398 g/mol. The number of benzene rings is 2. The monoisotopic (exact) mass is 397 g/mol. The number of hydrogen-bond acceptors (Lipinski definition) is 5. The van der Waals surface area contributed by atoms with Crippen molar-refractivity contribution >= 4 is 6.08 Å². The summed E-state index contributed by atoms with van der Waals surface area (Å²) in [6.07, 6.45) is 8.40. The molecule has 0 atom stereocenters. The van der Waals surface area contributed by atoms with E-state index in [0.717, 1.165) is 30.8 Å². The number of allylic oxidation sites excluding steroid dienone is 1. The van der Waals surface area contributed by atoms with Crippen LogP contribution in [0.25, 0.3) is 6.08 Å². The third-order valence-corrected chi connectivity index (χ3v) is 5.43. The van der Waals surface area contributed by atoms with Gasteiger partial charge in [0.25, 0.3) is 0 Å². The van der Waals surface area contributed by atoms with Gasteiger partial charge in [-0.05, 0) is 50.0 Å². The molecule has 1 aliphatic heterocycles. The Labute approximate surface area is 173 Å². The van der Waals surface area contributed by atoms with Crippen LogP contribution in [0, 0.1) is 0 Å². The van der Waals surface area contributed by atoms with Gasteiger partial charge in [-0.1, -0.05) is 30.7 Å². The van der Waals surface area contributed by atoms with E-state index in [4.69, 9.17) is 14.2 Å². The van der Waals surface area contributed by atoms with Crippen molar-refractivity contribution < 1.29 is 19.3 Å². The van der Waals surface area contributed by atoms with Crippen LogP contribution in [0.15, 0.2) is 36.4 Å². The smallest absolute Gasteiger partial charge is 0.134 e. The molecular weight excluding hydrogens is 366 g/mol. The van der Waals surface area contributed by atoms with Gasteiger partial charge in [-0.15, -0.1) is 0 Å². The molecule has 1 saturated heterocycles. The Hall–Kier alpha value is -2.66.